The number of alkyl halides is 6. The molecule has 0 amide bonds. The first kappa shape index (κ1) is 30.3. The number of ether oxygens (including phenoxy) is 1. The molecule has 0 atom stereocenters. The van der Waals surface area contributed by atoms with Gasteiger partial charge in [0.05, 0.1) is 29.4 Å². The van der Waals surface area contributed by atoms with E-state index in [1.807, 2.05) is 0 Å². The van der Waals surface area contributed by atoms with Crippen LogP contribution in [0, 0.1) is 0 Å². The Balaban J connectivity index is 0.000000536. The minimum Gasteiger partial charge on any atom is -0.478 e. The number of hydrogen-bond donors (Lipinski definition) is 3. The number of halogens is 8. The monoisotopic (exact) mass is 542 g/mol. The fourth-order valence-electron chi connectivity index (χ4n) is 1.97. The summed E-state index contributed by atoms with van der Waals surface area (Å²) < 4.78 is 86.4. The average Bonchev–Trinajstić information content (AvgIpc) is 2.65. The van der Waals surface area contributed by atoms with Crippen LogP contribution in [0.15, 0.2) is 36.4 Å². The quantitative estimate of drug-likeness (QED) is 0.208. The second-order valence-electron chi connectivity index (χ2n) is 5.58. The number of anilines is 2. The van der Waals surface area contributed by atoms with E-state index >= 15 is 0 Å². The number of carboxylic acids is 1. The number of carbonyl (C=O) groups excluding carboxylic acids is 1. The van der Waals surface area contributed by atoms with Crippen LogP contribution in [0.4, 0.5) is 37.7 Å². The lowest BCUT2D eigenvalue weighted by Gasteiger charge is -2.09. The van der Waals surface area contributed by atoms with E-state index in [0.717, 1.165) is 25.3 Å². The highest BCUT2D eigenvalue weighted by molar-refractivity contribution is 8.26. The number of rotatable bonds is 2. The van der Waals surface area contributed by atoms with Gasteiger partial charge in [-0.1, -0.05) is 0 Å². The van der Waals surface area contributed by atoms with Crippen molar-refractivity contribution in [2.45, 2.75) is 12.4 Å². The molecule has 2 aromatic rings. The van der Waals surface area contributed by atoms with E-state index in [1.54, 1.807) is 0 Å². The Bertz CT molecular complexity index is 1010. The largest absolute Gasteiger partial charge is 0.478 e. The van der Waals surface area contributed by atoms with Gasteiger partial charge in [0.25, 0.3) is 0 Å². The number of carbonyl (C=O) groups is 2. The molecule has 0 radical (unpaired) electrons. The van der Waals surface area contributed by atoms with E-state index in [9.17, 15) is 35.9 Å². The smallest absolute Gasteiger partial charge is 0.416 e. The molecule has 0 aromatic heterocycles. The van der Waals surface area contributed by atoms with Crippen molar-refractivity contribution in [2.75, 3.05) is 18.6 Å². The number of carboxylic acid groups (broad SMARTS) is 1. The molecule has 5 N–H and O–H groups in total. The summed E-state index contributed by atoms with van der Waals surface area (Å²) in [6, 6.07) is 4.59. The molecule has 2 aromatic carbocycles. The second kappa shape index (κ2) is 12.5. The molecule has 0 saturated heterocycles. The zero-order valence-corrected chi connectivity index (χ0v) is 18.5. The molecule has 0 heterocycles. The molecule has 0 spiro atoms. The second-order valence-corrected chi connectivity index (χ2v) is 8.10. The van der Waals surface area contributed by atoms with Gasteiger partial charge in [-0.15, -0.1) is 0 Å². The summed E-state index contributed by atoms with van der Waals surface area (Å²) >= 11 is 0. The maximum atomic E-state index is 12.2. The number of aromatic carboxylic acids is 1. The van der Waals surface area contributed by atoms with Gasteiger partial charge in [-0.25, -0.2) is 13.8 Å². The first-order chi connectivity index (χ1) is 14.9. The van der Waals surface area contributed by atoms with Gasteiger partial charge in [0.1, 0.15) is 0 Å². The van der Waals surface area contributed by atoms with Crippen LogP contribution in [0.25, 0.3) is 0 Å². The normalized spacial score (nSPS) is 11.0. The number of esters is 1. The van der Waals surface area contributed by atoms with Crippen molar-refractivity contribution in [3.8, 4) is 0 Å². The Morgan fingerprint density at radius 1 is 0.879 bits per heavy atom. The first-order valence-corrected chi connectivity index (χ1v) is 10.7. The molecule has 0 bridgehead atoms. The molecule has 0 aliphatic heterocycles. The summed E-state index contributed by atoms with van der Waals surface area (Å²) in [6.07, 6.45) is -8.98. The molecule has 0 fully saturated rings. The molecule has 7 nitrogen and oxygen atoms in total. The molecule has 0 saturated carbocycles. The molecular formula is C17H14Cl2F6N2O5S. The summed E-state index contributed by atoms with van der Waals surface area (Å²) in [5.74, 6) is -2.11. The predicted molar refractivity (Wildman–Crippen MR) is 110 cm³/mol. The van der Waals surface area contributed by atoms with E-state index in [-0.39, 0.29) is 16.8 Å². The minimum absolute atomic E-state index is 0.0782. The molecule has 0 aliphatic rings. The van der Waals surface area contributed by atoms with E-state index in [1.165, 1.54) is 0 Å². The van der Waals surface area contributed by atoms with Crippen molar-refractivity contribution in [3.05, 3.63) is 58.7 Å². The van der Waals surface area contributed by atoms with Crippen LogP contribution in [0.3, 0.4) is 0 Å². The first-order valence-electron chi connectivity index (χ1n) is 7.91. The summed E-state index contributed by atoms with van der Waals surface area (Å²) in [5.41, 5.74) is 7.52. The molecular weight excluding hydrogens is 529 g/mol. The van der Waals surface area contributed by atoms with Gasteiger partial charge in [-0.3, -0.25) is 0 Å². The number of hydrogen-bond acceptors (Lipinski definition) is 6. The lowest BCUT2D eigenvalue weighted by Crippen LogP contribution is -2.10. The Morgan fingerprint density at radius 3 is 1.45 bits per heavy atom. The minimum atomic E-state index is -4.51. The van der Waals surface area contributed by atoms with Gasteiger partial charge >= 0.3 is 24.3 Å². The van der Waals surface area contributed by atoms with Crippen LogP contribution < -0.4 is 11.5 Å². The molecule has 184 valence electrons. The Kier molecular flexibility index (Phi) is 11.5. The van der Waals surface area contributed by atoms with E-state index in [4.69, 9.17) is 20.8 Å². The highest BCUT2D eigenvalue weighted by Gasteiger charge is 2.32. The highest BCUT2D eigenvalue weighted by atomic mass is 36.0. The number of nitrogens with two attached hydrogens (primary N) is 2. The lowest BCUT2D eigenvalue weighted by molar-refractivity contribution is -0.138. The van der Waals surface area contributed by atoms with E-state index in [2.05, 4.69) is 26.1 Å². The fourth-order valence-corrected chi connectivity index (χ4v) is 1.97. The van der Waals surface area contributed by atoms with Gasteiger partial charge in [-0.2, -0.15) is 26.3 Å². The van der Waals surface area contributed by atoms with Crippen molar-refractivity contribution in [2.24, 2.45) is 0 Å². The highest BCUT2D eigenvalue weighted by Crippen LogP contribution is 2.32. The third-order valence-electron chi connectivity index (χ3n) is 3.39. The molecule has 33 heavy (non-hydrogen) atoms. The fraction of sp³-hybridized carbons (Fsp3) is 0.176. The summed E-state index contributed by atoms with van der Waals surface area (Å²) in [5, 5.41) is 8.50. The third kappa shape index (κ3) is 10.6. The van der Waals surface area contributed by atoms with Crippen LogP contribution in [-0.2, 0) is 26.3 Å². The maximum Gasteiger partial charge on any atom is 0.416 e. The van der Waals surface area contributed by atoms with Crippen molar-refractivity contribution in [3.63, 3.8) is 0 Å². The number of nitrogen functional groups attached to an aromatic ring is 2. The van der Waals surface area contributed by atoms with Gasteiger partial charge in [0.15, 0.2) is 0 Å². The van der Waals surface area contributed by atoms with Crippen LogP contribution in [-0.4, -0.2) is 28.4 Å². The molecule has 2 rings (SSSR count). The number of methoxy groups -OCH3 is 1. The van der Waals surface area contributed by atoms with Gasteiger partial charge < -0.3 is 21.3 Å². The van der Waals surface area contributed by atoms with Gasteiger partial charge in [0, 0.05) is 32.7 Å². The zero-order valence-electron chi connectivity index (χ0n) is 16.1. The average molecular weight is 543 g/mol. The van der Waals surface area contributed by atoms with Gasteiger partial charge in [0.2, 0.25) is 9.23 Å². The Labute approximate surface area is 193 Å². The predicted octanol–water partition coefficient (Wildman–Crippen LogP) is 5.10. The topological polar surface area (TPSA) is 133 Å². The maximum absolute atomic E-state index is 12.2. The van der Waals surface area contributed by atoms with Crippen molar-refractivity contribution >= 4 is 53.9 Å². The van der Waals surface area contributed by atoms with E-state index < -0.39 is 50.3 Å². The summed E-state index contributed by atoms with van der Waals surface area (Å²) in [4.78, 5) is 21.4. The number of benzene rings is 2. The summed E-state index contributed by atoms with van der Waals surface area (Å²) in [6.45, 7) is 0. The zero-order chi connectivity index (χ0) is 26.1. The Morgan fingerprint density at radius 2 is 1.21 bits per heavy atom. The molecule has 16 heteroatoms. The van der Waals surface area contributed by atoms with Crippen LogP contribution in [0.5, 0.6) is 0 Å². The summed E-state index contributed by atoms with van der Waals surface area (Å²) in [7, 11) is 8.48. The van der Waals surface area contributed by atoms with Crippen molar-refractivity contribution in [1.82, 2.24) is 0 Å². The lowest BCUT2D eigenvalue weighted by atomic mass is 10.1. The standard InChI is InChI=1S/C9H8F3NO2.C8H6F3NO2.Cl2OS/c1-15-8(14)6-3-2-5(4-7(6)13)9(10,11)12;9-8(10,11)4-1-2-5(7(13)14)6(12)3-4;1-4(2)3/h2-4H,13H2,1H3;1-3H,12H2,(H,13,14);. The van der Waals surface area contributed by atoms with Crippen molar-refractivity contribution in [1.29, 1.82) is 0 Å². The van der Waals surface area contributed by atoms with Crippen LogP contribution >= 0.6 is 21.4 Å². The van der Waals surface area contributed by atoms with Crippen LogP contribution in [0.1, 0.15) is 31.8 Å². The van der Waals surface area contributed by atoms with Crippen LogP contribution in [0.2, 0.25) is 0 Å². The molecule has 0 aliphatic carbocycles. The molecule has 0 unspecified atom stereocenters. The van der Waals surface area contributed by atoms with E-state index in [0.29, 0.717) is 18.2 Å². The van der Waals surface area contributed by atoms with Gasteiger partial charge in [-0.05, 0) is 36.4 Å². The Hall–Kier alpha value is -2.71. The third-order valence-corrected chi connectivity index (χ3v) is 3.39. The SMILES string of the molecule is COC(=O)c1ccc(C(F)(F)F)cc1N.Nc1cc(C(F)(F)F)ccc1C(=O)O.O=S(Cl)Cl. The van der Waals surface area contributed by atoms with Crippen molar-refractivity contribution < 1.29 is 50.0 Å².